The third-order valence-electron chi connectivity index (χ3n) is 1.06. The van der Waals surface area contributed by atoms with Crippen molar-refractivity contribution >= 4 is 19.7 Å². The Hall–Kier alpha value is -0.540. The van der Waals surface area contributed by atoms with Gasteiger partial charge in [-0.05, 0) is 25.5 Å². The van der Waals surface area contributed by atoms with Gasteiger partial charge in [-0.25, -0.2) is 8.42 Å². The molecule has 0 spiro atoms. The minimum atomic E-state index is -3.69. The molecule has 68 valence electrons. The standard InChI is InChI=1S/C8H11ClO2S/c1-6(2)5-8(7(3)4)12(9,10)11/h5H,1,3H2,2,4H3. The van der Waals surface area contributed by atoms with E-state index >= 15 is 0 Å². The van der Waals surface area contributed by atoms with Gasteiger partial charge in [-0.2, -0.15) is 0 Å². The average Bonchev–Trinajstić information content (AvgIpc) is 1.79. The minimum Gasteiger partial charge on any atom is -0.207 e. The van der Waals surface area contributed by atoms with Gasteiger partial charge in [0.25, 0.3) is 9.05 Å². The zero-order chi connectivity index (χ0) is 9.94. The average molecular weight is 207 g/mol. The van der Waals surface area contributed by atoms with E-state index in [1.807, 2.05) is 0 Å². The summed E-state index contributed by atoms with van der Waals surface area (Å²) in [4.78, 5) is 0.0247. The van der Waals surface area contributed by atoms with Crippen LogP contribution in [0.5, 0.6) is 0 Å². The summed E-state index contributed by atoms with van der Waals surface area (Å²) in [5, 5.41) is 0. The molecule has 0 aliphatic carbocycles. The third-order valence-corrected chi connectivity index (χ3v) is 2.55. The number of hydrogen-bond acceptors (Lipinski definition) is 2. The Labute approximate surface area is 77.7 Å². The molecule has 2 nitrogen and oxygen atoms in total. The Morgan fingerprint density at radius 3 is 1.83 bits per heavy atom. The highest BCUT2D eigenvalue weighted by atomic mass is 35.7. The van der Waals surface area contributed by atoms with Crippen molar-refractivity contribution in [2.75, 3.05) is 0 Å². The fourth-order valence-corrected chi connectivity index (χ4v) is 1.91. The first-order valence-electron chi connectivity index (χ1n) is 3.23. The summed E-state index contributed by atoms with van der Waals surface area (Å²) in [5.74, 6) is 0. The van der Waals surface area contributed by atoms with Gasteiger partial charge in [-0.3, -0.25) is 0 Å². The van der Waals surface area contributed by atoms with Crippen molar-refractivity contribution in [3.05, 3.63) is 35.3 Å². The topological polar surface area (TPSA) is 34.1 Å². The zero-order valence-corrected chi connectivity index (χ0v) is 8.67. The molecule has 0 unspecified atom stereocenters. The highest BCUT2D eigenvalue weighted by Gasteiger charge is 2.13. The van der Waals surface area contributed by atoms with Gasteiger partial charge >= 0.3 is 0 Å². The maximum absolute atomic E-state index is 10.9. The predicted molar refractivity (Wildman–Crippen MR) is 52.5 cm³/mol. The lowest BCUT2D eigenvalue weighted by Crippen LogP contribution is -1.96. The first-order valence-corrected chi connectivity index (χ1v) is 5.54. The van der Waals surface area contributed by atoms with E-state index in [0.29, 0.717) is 11.1 Å². The lowest BCUT2D eigenvalue weighted by Gasteiger charge is -2.01. The van der Waals surface area contributed by atoms with Crippen LogP contribution >= 0.6 is 10.7 Å². The molecule has 0 N–H and O–H groups in total. The minimum absolute atomic E-state index is 0.0247. The molecule has 0 atom stereocenters. The van der Waals surface area contributed by atoms with Crippen molar-refractivity contribution in [3.63, 3.8) is 0 Å². The molecule has 0 aliphatic rings. The molecule has 0 aromatic rings. The SMILES string of the molecule is C=C(C)C=C(C(=C)C)S(=O)(=O)Cl. The molecular formula is C8H11ClO2S. The van der Waals surface area contributed by atoms with E-state index in [2.05, 4.69) is 13.2 Å². The van der Waals surface area contributed by atoms with Crippen LogP contribution in [0.2, 0.25) is 0 Å². The Bertz CT molecular complexity index is 336. The maximum Gasteiger partial charge on any atom is 0.261 e. The second-order valence-corrected chi connectivity index (χ2v) is 5.11. The van der Waals surface area contributed by atoms with Gasteiger partial charge in [0.15, 0.2) is 0 Å². The lowest BCUT2D eigenvalue weighted by molar-refractivity contribution is 0.615. The van der Waals surface area contributed by atoms with Crippen LogP contribution < -0.4 is 0 Å². The second kappa shape index (κ2) is 3.92. The number of rotatable bonds is 3. The molecule has 0 bridgehead atoms. The Balaban J connectivity index is 5.23. The van der Waals surface area contributed by atoms with Crippen molar-refractivity contribution < 1.29 is 8.42 Å². The quantitative estimate of drug-likeness (QED) is 0.526. The number of hydrogen-bond donors (Lipinski definition) is 0. The highest BCUT2D eigenvalue weighted by Crippen LogP contribution is 2.20. The van der Waals surface area contributed by atoms with Gasteiger partial charge in [-0.1, -0.05) is 18.7 Å². The van der Waals surface area contributed by atoms with E-state index in [-0.39, 0.29) is 4.91 Å². The zero-order valence-electron chi connectivity index (χ0n) is 7.09. The molecule has 0 saturated carbocycles. The summed E-state index contributed by atoms with van der Waals surface area (Å²) in [6.07, 6.45) is 1.39. The number of allylic oxidation sites excluding steroid dienone is 3. The maximum atomic E-state index is 10.9. The van der Waals surface area contributed by atoms with Crippen LogP contribution in [0.25, 0.3) is 0 Å². The molecule has 0 radical (unpaired) electrons. The first-order chi connectivity index (χ1) is 5.25. The molecule has 0 heterocycles. The van der Waals surface area contributed by atoms with Crippen LogP contribution in [0, 0.1) is 0 Å². The molecule has 0 aromatic carbocycles. The molecule has 0 aliphatic heterocycles. The summed E-state index contributed by atoms with van der Waals surface area (Å²) in [7, 11) is 1.45. The van der Waals surface area contributed by atoms with Gasteiger partial charge in [-0.15, -0.1) is 0 Å². The van der Waals surface area contributed by atoms with Gasteiger partial charge in [0.1, 0.15) is 0 Å². The highest BCUT2D eigenvalue weighted by molar-refractivity contribution is 8.17. The van der Waals surface area contributed by atoms with Crippen LogP contribution in [0.15, 0.2) is 35.3 Å². The molecule has 0 amide bonds. The van der Waals surface area contributed by atoms with Crippen LogP contribution in [-0.2, 0) is 9.05 Å². The largest absolute Gasteiger partial charge is 0.261 e. The van der Waals surface area contributed by atoms with Gasteiger partial charge in [0, 0.05) is 10.7 Å². The third kappa shape index (κ3) is 3.74. The second-order valence-electron chi connectivity index (χ2n) is 2.57. The summed E-state index contributed by atoms with van der Waals surface area (Å²) in [6, 6.07) is 0. The Morgan fingerprint density at radius 2 is 1.75 bits per heavy atom. The monoisotopic (exact) mass is 206 g/mol. The van der Waals surface area contributed by atoms with Crippen LogP contribution in [0.4, 0.5) is 0 Å². The van der Waals surface area contributed by atoms with E-state index in [0.717, 1.165) is 0 Å². The molecule has 0 fully saturated rings. The van der Waals surface area contributed by atoms with E-state index in [1.54, 1.807) is 13.8 Å². The fraction of sp³-hybridized carbons (Fsp3) is 0.250. The molecule has 4 heteroatoms. The van der Waals surface area contributed by atoms with Crippen molar-refractivity contribution in [2.45, 2.75) is 13.8 Å². The van der Waals surface area contributed by atoms with Crippen molar-refractivity contribution in [3.8, 4) is 0 Å². The summed E-state index contributed by atoms with van der Waals surface area (Å²) < 4.78 is 21.8. The van der Waals surface area contributed by atoms with Crippen molar-refractivity contribution in [1.29, 1.82) is 0 Å². The summed E-state index contributed by atoms with van der Waals surface area (Å²) in [6.45, 7) is 10.3. The van der Waals surface area contributed by atoms with E-state index in [1.165, 1.54) is 6.08 Å². The molecule has 0 rings (SSSR count). The fourth-order valence-electron chi connectivity index (χ4n) is 0.625. The Kier molecular flexibility index (Phi) is 3.74. The predicted octanol–water partition coefficient (Wildman–Crippen LogP) is 2.59. The van der Waals surface area contributed by atoms with Crippen LogP contribution in [0.3, 0.4) is 0 Å². The van der Waals surface area contributed by atoms with E-state index in [9.17, 15) is 8.42 Å². The van der Waals surface area contributed by atoms with E-state index in [4.69, 9.17) is 10.7 Å². The summed E-state index contributed by atoms with van der Waals surface area (Å²) >= 11 is 0. The van der Waals surface area contributed by atoms with Gasteiger partial charge < -0.3 is 0 Å². The van der Waals surface area contributed by atoms with Crippen molar-refractivity contribution in [1.82, 2.24) is 0 Å². The van der Waals surface area contributed by atoms with E-state index < -0.39 is 9.05 Å². The van der Waals surface area contributed by atoms with Crippen molar-refractivity contribution in [2.24, 2.45) is 0 Å². The molecular weight excluding hydrogens is 196 g/mol. The van der Waals surface area contributed by atoms with Gasteiger partial charge in [0.2, 0.25) is 0 Å². The Morgan fingerprint density at radius 1 is 1.33 bits per heavy atom. The van der Waals surface area contributed by atoms with Crippen LogP contribution in [-0.4, -0.2) is 8.42 Å². The molecule has 12 heavy (non-hydrogen) atoms. The van der Waals surface area contributed by atoms with Crippen LogP contribution in [0.1, 0.15) is 13.8 Å². The summed E-state index contributed by atoms with van der Waals surface area (Å²) in [5.41, 5.74) is 1.03. The lowest BCUT2D eigenvalue weighted by atomic mass is 10.2. The normalized spacial score (nSPS) is 12.8. The van der Waals surface area contributed by atoms with Gasteiger partial charge in [0.05, 0.1) is 4.91 Å². The molecule has 0 saturated heterocycles. The number of halogens is 1. The molecule has 0 aromatic heterocycles. The first kappa shape index (κ1) is 11.5. The smallest absolute Gasteiger partial charge is 0.207 e.